The zero-order valence-electron chi connectivity index (χ0n) is 14.5. The fraction of sp³-hybridized carbons (Fsp3) is 0.0952. The standard InChI is InChI=1S/C21H16N2O4.Na.H/c1-12(21(25)26)27-18-9-8-13(14-6-4-10-22-19(14)18)11-16-15-5-2-3-7-17(15)23-20(16)24;;/h2-12H,1H3,(H,23,24)(H,25,26);;. The fourth-order valence-corrected chi connectivity index (χ4v) is 3.07. The number of hydrogen-bond acceptors (Lipinski definition) is 4. The molecular weight excluding hydrogens is 367 g/mol. The van der Waals surface area contributed by atoms with Crippen LogP contribution < -0.4 is 10.1 Å². The van der Waals surface area contributed by atoms with Crippen LogP contribution >= 0.6 is 0 Å². The first-order valence-corrected chi connectivity index (χ1v) is 8.44. The van der Waals surface area contributed by atoms with Crippen molar-refractivity contribution in [3.63, 3.8) is 0 Å². The van der Waals surface area contributed by atoms with Gasteiger partial charge in [0.05, 0.1) is 0 Å². The van der Waals surface area contributed by atoms with E-state index in [4.69, 9.17) is 9.84 Å². The Morgan fingerprint density at radius 2 is 1.96 bits per heavy atom. The molecular formula is C21H17N2NaO4. The number of aliphatic carboxylic acids is 1. The van der Waals surface area contributed by atoms with Crippen LogP contribution in [0.4, 0.5) is 5.69 Å². The van der Waals surface area contributed by atoms with Gasteiger partial charge in [-0.25, -0.2) is 4.79 Å². The van der Waals surface area contributed by atoms with Gasteiger partial charge in [-0.1, -0.05) is 30.3 Å². The number of anilines is 1. The third-order valence-electron chi connectivity index (χ3n) is 4.43. The Balaban J connectivity index is 0.00000225. The molecule has 0 saturated carbocycles. The molecule has 1 aliphatic heterocycles. The van der Waals surface area contributed by atoms with Crippen molar-refractivity contribution < 1.29 is 19.4 Å². The number of amides is 1. The van der Waals surface area contributed by atoms with Gasteiger partial charge in [-0.2, -0.15) is 0 Å². The molecule has 136 valence electrons. The van der Waals surface area contributed by atoms with E-state index in [2.05, 4.69) is 10.3 Å². The number of hydrogen-bond donors (Lipinski definition) is 2. The molecule has 2 N–H and O–H groups in total. The van der Waals surface area contributed by atoms with E-state index in [1.54, 1.807) is 24.4 Å². The van der Waals surface area contributed by atoms with Crippen LogP contribution in [0, 0.1) is 0 Å². The summed E-state index contributed by atoms with van der Waals surface area (Å²) in [4.78, 5) is 27.8. The molecule has 2 heterocycles. The maximum absolute atomic E-state index is 12.4. The fourth-order valence-electron chi connectivity index (χ4n) is 3.07. The number of carbonyl (C=O) groups excluding carboxylic acids is 1. The molecule has 0 radical (unpaired) electrons. The average molecular weight is 384 g/mol. The number of aromatic nitrogens is 1. The second-order valence-corrected chi connectivity index (χ2v) is 6.21. The predicted molar refractivity (Wildman–Crippen MR) is 110 cm³/mol. The van der Waals surface area contributed by atoms with E-state index in [0.29, 0.717) is 16.8 Å². The zero-order chi connectivity index (χ0) is 19.0. The van der Waals surface area contributed by atoms with Crippen LogP contribution in [0.25, 0.3) is 22.6 Å². The molecule has 0 bridgehead atoms. The van der Waals surface area contributed by atoms with Crippen LogP contribution in [-0.2, 0) is 9.59 Å². The number of para-hydroxylation sites is 1. The van der Waals surface area contributed by atoms with E-state index in [1.165, 1.54) is 6.92 Å². The predicted octanol–water partition coefficient (Wildman–Crippen LogP) is 2.93. The van der Waals surface area contributed by atoms with Crippen molar-refractivity contribution in [2.24, 2.45) is 0 Å². The number of ether oxygens (including phenoxy) is 1. The van der Waals surface area contributed by atoms with Gasteiger partial charge in [0.25, 0.3) is 5.91 Å². The molecule has 4 rings (SSSR count). The van der Waals surface area contributed by atoms with Gasteiger partial charge >= 0.3 is 35.5 Å². The van der Waals surface area contributed by atoms with Gasteiger partial charge in [0.15, 0.2) is 6.10 Å². The summed E-state index contributed by atoms with van der Waals surface area (Å²) < 4.78 is 5.53. The third-order valence-corrected chi connectivity index (χ3v) is 4.43. The molecule has 7 heteroatoms. The number of nitrogens with one attached hydrogen (secondary N) is 1. The molecule has 1 atom stereocenters. The molecule has 2 aromatic carbocycles. The number of benzene rings is 2. The molecule has 0 saturated heterocycles. The molecule has 3 aromatic rings. The Hall–Kier alpha value is -2.67. The minimum absolute atomic E-state index is 0. The summed E-state index contributed by atoms with van der Waals surface area (Å²) in [6, 6.07) is 14.6. The first-order valence-electron chi connectivity index (χ1n) is 8.44. The Labute approximate surface area is 183 Å². The van der Waals surface area contributed by atoms with Crippen molar-refractivity contribution in [3.05, 3.63) is 65.9 Å². The first-order chi connectivity index (χ1) is 13.0. The van der Waals surface area contributed by atoms with E-state index < -0.39 is 12.1 Å². The van der Waals surface area contributed by atoms with Crippen LogP contribution in [0.5, 0.6) is 5.75 Å². The maximum atomic E-state index is 12.4. The molecule has 0 spiro atoms. The van der Waals surface area contributed by atoms with Crippen molar-refractivity contribution in [1.82, 2.24) is 4.98 Å². The van der Waals surface area contributed by atoms with Crippen molar-refractivity contribution in [2.45, 2.75) is 13.0 Å². The number of rotatable bonds is 4. The van der Waals surface area contributed by atoms with Gasteiger partial charge < -0.3 is 15.2 Å². The van der Waals surface area contributed by atoms with Gasteiger partial charge in [-0.15, -0.1) is 0 Å². The summed E-state index contributed by atoms with van der Waals surface area (Å²) in [6.45, 7) is 1.47. The number of carboxylic acids is 1. The number of carboxylic acid groups (broad SMARTS) is 1. The van der Waals surface area contributed by atoms with E-state index in [0.717, 1.165) is 22.2 Å². The number of pyridine rings is 1. The molecule has 1 aromatic heterocycles. The molecule has 28 heavy (non-hydrogen) atoms. The molecule has 0 aliphatic carbocycles. The van der Waals surface area contributed by atoms with Gasteiger partial charge in [-0.05, 0) is 36.8 Å². The normalized spacial score (nSPS) is 14.9. The molecule has 6 nitrogen and oxygen atoms in total. The SMILES string of the molecule is CC(Oc1ccc(C=C2C(=O)Nc3ccccc32)c2cccnc12)C(=O)O.[NaH]. The second kappa shape index (κ2) is 8.14. The third kappa shape index (κ3) is 3.67. The summed E-state index contributed by atoms with van der Waals surface area (Å²) >= 11 is 0. The van der Waals surface area contributed by atoms with Crippen LogP contribution in [0.2, 0.25) is 0 Å². The topological polar surface area (TPSA) is 88.5 Å². The molecule has 0 fully saturated rings. The monoisotopic (exact) mass is 384 g/mol. The quantitative estimate of drug-likeness (QED) is 0.533. The first kappa shape index (κ1) is 20.1. The van der Waals surface area contributed by atoms with Crippen molar-refractivity contribution >= 4 is 69.7 Å². The molecule has 1 unspecified atom stereocenters. The number of fused-ring (bicyclic) bond motifs is 2. The number of carbonyl (C=O) groups is 2. The van der Waals surface area contributed by atoms with Crippen LogP contribution in [-0.4, -0.2) is 57.6 Å². The second-order valence-electron chi connectivity index (χ2n) is 6.21. The van der Waals surface area contributed by atoms with E-state index in [-0.39, 0.29) is 35.5 Å². The number of nitrogens with zero attached hydrogens (tertiary/aromatic N) is 1. The van der Waals surface area contributed by atoms with Gasteiger partial charge in [0.1, 0.15) is 11.3 Å². The summed E-state index contributed by atoms with van der Waals surface area (Å²) in [7, 11) is 0. The minimum atomic E-state index is -1.05. The molecule has 1 amide bonds. The summed E-state index contributed by atoms with van der Waals surface area (Å²) in [5, 5.41) is 12.7. The van der Waals surface area contributed by atoms with E-state index >= 15 is 0 Å². The van der Waals surface area contributed by atoms with Crippen molar-refractivity contribution in [3.8, 4) is 5.75 Å². The Morgan fingerprint density at radius 3 is 2.75 bits per heavy atom. The summed E-state index contributed by atoms with van der Waals surface area (Å²) in [5.74, 6) is -0.823. The van der Waals surface area contributed by atoms with Crippen LogP contribution in [0.3, 0.4) is 0 Å². The summed E-state index contributed by atoms with van der Waals surface area (Å²) in [5.41, 5.74) is 3.55. The molecule has 1 aliphatic rings. The van der Waals surface area contributed by atoms with E-state index in [9.17, 15) is 9.59 Å². The van der Waals surface area contributed by atoms with Gasteiger partial charge in [-0.3, -0.25) is 9.78 Å². The van der Waals surface area contributed by atoms with E-state index in [1.807, 2.05) is 36.4 Å². The van der Waals surface area contributed by atoms with Crippen LogP contribution in [0.1, 0.15) is 18.1 Å². The summed E-state index contributed by atoms with van der Waals surface area (Å²) in [6.07, 6.45) is 2.44. The average Bonchev–Trinajstić information content (AvgIpc) is 2.99. The van der Waals surface area contributed by atoms with Gasteiger partial charge in [0.2, 0.25) is 0 Å². The van der Waals surface area contributed by atoms with Crippen molar-refractivity contribution in [2.75, 3.05) is 5.32 Å². The van der Waals surface area contributed by atoms with Gasteiger partial charge in [0, 0.05) is 28.4 Å². The van der Waals surface area contributed by atoms with Crippen molar-refractivity contribution in [1.29, 1.82) is 0 Å². The zero-order valence-corrected chi connectivity index (χ0v) is 14.5. The Morgan fingerprint density at radius 1 is 1.18 bits per heavy atom. The van der Waals surface area contributed by atoms with Crippen LogP contribution in [0.15, 0.2) is 54.7 Å². The Kier molecular flexibility index (Phi) is 5.84. The Bertz CT molecular complexity index is 1110.